The van der Waals surface area contributed by atoms with Crippen molar-refractivity contribution >= 4 is 27.5 Å². The summed E-state index contributed by atoms with van der Waals surface area (Å²) in [5, 5.41) is 4.52. The second-order valence-electron chi connectivity index (χ2n) is 4.52. The molecule has 0 bridgehead atoms. The van der Waals surface area contributed by atoms with Crippen LogP contribution in [0.25, 0.3) is 0 Å². The summed E-state index contributed by atoms with van der Waals surface area (Å²) in [5.74, 6) is 0.608. The van der Waals surface area contributed by atoms with Gasteiger partial charge >= 0.3 is 0 Å². The molecule has 0 N–H and O–H groups in total. The molecule has 1 aromatic rings. The van der Waals surface area contributed by atoms with Crippen molar-refractivity contribution < 1.29 is 4.74 Å². The maximum atomic E-state index is 6.00. The second-order valence-corrected chi connectivity index (χ2v) is 5.62. The Morgan fingerprint density at radius 2 is 2.33 bits per heavy atom. The lowest BCUT2D eigenvalue weighted by Crippen LogP contribution is -2.46. The predicted octanol–water partition coefficient (Wildman–Crippen LogP) is 2.41. The molecule has 1 aromatic heterocycles. The molecule has 1 unspecified atom stereocenters. The molecule has 4 nitrogen and oxygen atoms in total. The van der Waals surface area contributed by atoms with E-state index in [1.165, 1.54) is 5.69 Å². The number of nitrogens with zero attached hydrogens (tertiary/aromatic N) is 3. The normalized spacial score (nSPS) is 21.4. The van der Waals surface area contributed by atoms with Gasteiger partial charge in [0.05, 0.1) is 29.1 Å². The van der Waals surface area contributed by atoms with Gasteiger partial charge in [0.25, 0.3) is 0 Å². The van der Waals surface area contributed by atoms with Crippen molar-refractivity contribution in [1.82, 2.24) is 14.7 Å². The summed E-state index contributed by atoms with van der Waals surface area (Å²) in [4.78, 5) is 2.38. The van der Waals surface area contributed by atoms with Gasteiger partial charge in [-0.15, -0.1) is 11.6 Å². The van der Waals surface area contributed by atoms with Crippen LogP contribution < -0.4 is 0 Å². The second kappa shape index (κ2) is 6.37. The van der Waals surface area contributed by atoms with Crippen molar-refractivity contribution in [2.75, 3.05) is 25.6 Å². The van der Waals surface area contributed by atoms with E-state index in [0.29, 0.717) is 11.9 Å². The van der Waals surface area contributed by atoms with Crippen molar-refractivity contribution in [2.45, 2.75) is 33.0 Å². The monoisotopic (exact) mass is 335 g/mol. The number of hydrogen-bond donors (Lipinski definition) is 0. The molecular formula is C12H19BrClN3O. The van der Waals surface area contributed by atoms with E-state index in [1.54, 1.807) is 0 Å². The standard InChI is InChI=1S/C12H19BrClN3O/c1-3-17-11(12(13)9(2)15-17)7-16-4-5-18-8-10(16)6-14/h10H,3-8H2,1-2H3. The third kappa shape index (κ3) is 2.90. The minimum atomic E-state index is 0.299. The third-order valence-electron chi connectivity index (χ3n) is 3.33. The van der Waals surface area contributed by atoms with E-state index >= 15 is 0 Å². The highest BCUT2D eigenvalue weighted by molar-refractivity contribution is 9.10. The van der Waals surface area contributed by atoms with Crippen LogP contribution in [0, 0.1) is 6.92 Å². The lowest BCUT2D eigenvalue weighted by Gasteiger charge is -2.34. The molecule has 0 aromatic carbocycles. The number of ether oxygens (including phenoxy) is 1. The van der Waals surface area contributed by atoms with Gasteiger partial charge in [-0.3, -0.25) is 9.58 Å². The largest absolute Gasteiger partial charge is 0.378 e. The quantitative estimate of drug-likeness (QED) is 0.791. The SMILES string of the molecule is CCn1nc(C)c(Br)c1CN1CCOCC1CCl. The highest BCUT2D eigenvalue weighted by Gasteiger charge is 2.24. The predicted molar refractivity (Wildman–Crippen MR) is 76.1 cm³/mol. The van der Waals surface area contributed by atoms with E-state index < -0.39 is 0 Å². The number of halogens is 2. The van der Waals surface area contributed by atoms with Crippen LogP contribution in [0.2, 0.25) is 0 Å². The van der Waals surface area contributed by atoms with Gasteiger partial charge in [-0.2, -0.15) is 5.10 Å². The minimum Gasteiger partial charge on any atom is -0.378 e. The van der Waals surface area contributed by atoms with Crippen molar-refractivity contribution in [3.8, 4) is 0 Å². The van der Waals surface area contributed by atoms with Crippen molar-refractivity contribution in [3.05, 3.63) is 15.9 Å². The molecule has 6 heteroatoms. The minimum absolute atomic E-state index is 0.299. The molecule has 1 saturated heterocycles. The Morgan fingerprint density at radius 3 is 3.00 bits per heavy atom. The highest BCUT2D eigenvalue weighted by atomic mass is 79.9. The van der Waals surface area contributed by atoms with Gasteiger partial charge in [0.2, 0.25) is 0 Å². The Morgan fingerprint density at radius 1 is 1.56 bits per heavy atom. The highest BCUT2D eigenvalue weighted by Crippen LogP contribution is 2.24. The maximum absolute atomic E-state index is 6.00. The van der Waals surface area contributed by atoms with Gasteiger partial charge in [-0.1, -0.05) is 0 Å². The van der Waals surface area contributed by atoms with E-state index in [2.05, 4.69) is 37.5 Å². The van der Waals surface area contributed by atoms with Crippen LogP contribution in [0.3, 0.4) is 0 Å². The molecule has 0 aliphatic carbocycles. The zero-order valence-corrected chi connectivity index (χ0v) is 13.2. The number of aryl methyl sites for hydroxylation is 2. The summed E-state index contributed by atoms with van der Waals surface area (Å²) in [5.41, 5.74) is 2.27. The first-order chi connectivity index (χ1) is 8.67. The summed E-state index contributed by atoms with van der Waals surface area (Å²) in [7, 11) is 0. The summed E-state index contributed by atoms with van der Waals surface area (Å²) < 4.78 is 8.64. The summed E-state index contributed by atoms with van der Waals surface area (Å²) >= 11 is 9.64. The Labute approximate surface area is 121 Å². The fraction of sp³-hybridized carbons (Fsp3) is 0.750. The van der Waals surface area contributed by atoms with Crippen LogP contribution >= 0.6 is 27.5 Å². The van der Waals surface area contributed by atoms with Crippen LogP contribution in [0.15, 0.2) is 4.47 Å². The van der Waals surface area contributed by atoms with Crippen molar-refractivity contribution in [3.63, 3.8) is 0 Å². The van der Waals surface area contributed by atoms with Gasteiger partial charge in [-0.25, -0.2) is 0 Å². The first-order valence-corrected chi connectivity index (χ1v) is 7.59. The average molecular weight is 337 g/mol. The summed E-state index contributed by atoms with van der Waals surface area (Å²) in [6.45, 7) is 8.33. The van der Waals surface area contributed by atoms with E-state index in [-0.39, 0.29) is 0 Å². The van der Waals surface area contributed by atoms with E-state index in [1.807, 2.05) is 6.92 Å². The van der Waals surface area contributed by atoms with E-state index in [9.17, 15) is 0 Å². The Kier molecular flexibility index (Phi) is 5.06. The lowest BCUT2D eigenvalue weighted by molar-refractivity contribution is -0.00423. The molecular weight excluding hydrogens is 318 g/mol. The van der Waals surface area contributed by atoms with Gasteiger partial charge in [0.15, 0.2) is 0 Å². The Hall–Kier alpha value is -0.100. The Bertz CT molecular complexity index is 410. The summed E-state index contributed by atoms with van der Waals surface area (Å²) in [6, 6.07) is 0.299. The Balaban J connectivity index is 2.17. The first-order valence-electron chi connectivity index (χ1n) is 6.26. The molecule has 0 spiro atoms. The molecule has 1 fully saturated rings. The zero-order valence-electron chi connectivity index (χ0n) is 10.8. The van der Waals surface area contributed by atoms with Gasteiger partial charge in [-0.05, 0) is 29.8 Å². The smallest absolute Gasteiger partial charge is 0.0739 e. The van der Waals surface area contributed by atoms with Crippen LogP contribution in [0.4, 0.5) is 0 Å². The topological polar surface area (TPSA) is 30.3 Å². The molecule has 0 saturated carbocycles. The van der Waals surface area contributed by atoms with Crippen LogP contribution in [0.1, 0.15) is 18.3 Å². The molecule has 2 heterocycles. The number of aromatic nitrogens is 2. The zero-order chi connectivity index (χ0) is 13.1. The third-order valence-corrected chi connectivity index (χ3v) is 4.72. The molecule has 102 valence electrons. The molecule has 1 atom stereocenters. The maximum Gasteiger partial charge on any atom is 0.0739 e. The van der Waals surface area contributed by atoms with Gasteiger partial charge in [0.1, 0.15) is 0 Å². The van der Waals surface area contributed by atoms with Crippen molar-refractivity contribution in [2.24, 2.45) is 0 Å². The summed E-state index contributed by atoms with van der Waals surface area (Å²) in [6.07, 6.45) is 0. The fourth-order valence-corrected chi connectivity index (χ4v) is 2.95. The molecule has 0 radical (unpaired) electrons. The first kappa shape index (κ1) is 14.3. The number of alkyl halides is 1. The number of morpholine rings is 1. The van der Waals surface area contributed by atoms with Crippen LogP contribution in [0.5, 0.6) is 0 Å². The van der Waals surface area contributed by atoms with Crippen LogP contribution in [-0.2, 0) is 17.8 Å². The molecule has 1 aliphatic heterocycles. The van der Waals surface area contributed by atoms with Gasteiger partial charge in [0, 0.05) is 31.6 Å². The van der Waals surface area contributed by atoms with Crippen molar-refractivity contribution in [1.29, 1.82) is 0 Å². The van der Waals surface area contributed by atoms with E-state index in [4.69, 9.17) is 16.3 Å². The lowest BCUT2D eigenvalue weighted by atomic mass is 10.2. The average Bonchev–Trinajstić information content (AvgIpc) is 2.67. The molecule has 0 amide bonds. The molecule has 18 heavy (non-hydrogen) atoms. The number of rotatable bonds is 4. The van der Waals surface area contributed by atoms with E-state index in [0.717, 1.165) is 43.0 Å². The molecule has 1 aliphatic rings. The fourth-order valence-electron chi connectivity index (χ4n) is 2.25. The molecule has 2 rings (SSSR count). The van der Waals surface area contributed by atoms with Crippen LogP contribution in [-0.4, -0.2) is 46.4 Å². The van der Waals surface area contributed by atoms with Gasteiger partial charge < -0.3 is 4.74 Å². The number of hydrogen-bond acceptors (Lipinski definition) is 3.